The molecule has 18 heavy (non-hydrogen) atoms. The molecular formula is C13H17ClN2O2. The summed E-state index contributed by atoms with van der Waals surface area (Å²) in [4.78, 5) is 10.5. The van der Waals surface area contributed by atoms with E-state index in [1.165, 1.54) is 12.1 Å². The van der Waals surface area contributed by atoms with Crippen LogP contribution in [0, 0.1) is 10.1 Å². The maximum absolute atomic E-state index is 10.9. The Kier molecular flexibility index (Phi) is 5.31. The van der Waals surface area contributed by atoms with Crippen molar-refractivity contribution in [3.63, 3.8) is 0 Å². The fourth-order valence-electron chi connectivity index (χ4n) is 1.64. The lowest BCUT2D eigenvalue weighted by Gasteiger charge is -2.13. The summed E-state index contributed by atoms with van der Waals surface area (Å²) < 4.78 is 0. The Morgan fingerprint density at radius 3 is 2.83 bits per heavy atom. The third kappa shape index (κ3) is 3.82. The van der Waals surface area contributed by atoms with Gasteiger partial charge in [-0.1, -0.05) is 24.1 Å². The van der Waals surface area contributed by atoms with Crippen LogP contribution in [0.3, 0.4) is 0 Å². The molecule has 98 valence electrons. The highest BCUT2D eigenvalue weighted by atomic mass is 35.5. The van der Waals surface area contributed by atoms with Gasteiger partial charge in [0.25, 0.3) is 5.69 Å². The summed E-state index contributed by atoms with van der Waals surface area (Å²) in [7, 11) is 0. The molecule has 0 spiro atoms. The fraction of sp³-hybridized carbons (Fsp3) is 0.385. The summed E-state index contributed by atoms with van der Waals surface area (Å²) >= 11 is 5.88. The highest BCUT2D eigenvalue weighted by molar-refractivity contribution is 6.30. The molecule has 0 saturated heterocycles. The number of nitrogens with zero attached hydrogens (tertiary/aromatic N) is 1. The van der Waals surface area contributed by atoms with Gasteiger partial charge in [-0.2, -0.15) is 0 Å². The van der Waals surface area contributed by atoms with Crippen molar-refractivity contribution in [3.05, 3.63) is 44.5 Å². The molecule has 0 aromatic heterocycles. The lowest BCUT2D eigenvalue weighted by Crippen LogP contribution is -2.26. The zero-order chi connectivity index (χ0) is 13.7. The number of hydrogen-bond donors (Lipinski definition) is 1. The maximum atomic E-state index is 10.9. The lowest BCUT2D eigenvalue weighted by molar-refractivity contribution is -0.385. The second kappa shape index (κ2) is 6.52. The van der Waals surface area contributed by atoms with Crippen LogP contribution in [0.25, 0.3) is 6.08 Å². The number of rotatable bonds is 5. The minimum absolute atomic E-state index is 0.0717. The number of hydrogen-bond acceptors (Lipinski definition) is 3. The van der Waals surface area contributed by atoms with Gasteiger partial charge in [0.2, 0.25) is 0 Å². The summed E-state index contributed by atoms with van der Waals surface area (Å²) in [5.74, 6) is 0. The average molecular weight is 269 g/mol. The fourth-order valence-corrected chi connectivity index (χ4v) is 1.83. The molecule has 1 rings (SSSR count). The van der Waals surface area contributed by atoms with Gasteiger partial charge in [-0.15, -0.1) is 0 Å². The van der Waals surface area contributed by atoms with Crippen LogP contribution in [0.4, 0.5) is 5.69 Å². The molecule has 0 fully saturated rings. The highest BCUT2D eigenvalue weighted by Crippen LogP contribution is 2.25. The van der Waals surface area contributed by atoms with Crippen molar-refractivity contribution in [3.8, 4) is 0 Å². The number of nitrogens with one attached hydrogen (secondary N) is 1. The van der Waals surface area contributed by atoms with Gasteiger partial charge < -0.3 is 5.32 Å². The first-order chi connectivity index (χ1) is 8.45. The van der Waals surface area contributed by atoms with Crippen LogP contribution in [-0.2, 0) is 0 Å². The van der Waals surface area contributed by atoms with E-state index in [4.69, 9.17) is 11.6 Å². The standard InChI is InChI=1S/C13H17ClN2O2/c1-4-15-10(3)9(2)7-11-8-12(14)5-6-13(11)16(17)18/h5-8,10,15H,4H2,1-3H3/b9-7+. The minimum atomic E-state index is -0.395. The molecule has 1 unspecified atom stereocenters. The maximum Gasteiger partial charge on any atom is 0.276 e. The molecule has 0 saturated carbocycles. The molecule has 0 aliphatic rings. The zero-order valence-electron chi connectivity index (χ0n) is 10.7. The van der Waals surface area contributed by atoms with Crippen LogP contribution in [0.1, 0.15) is 26.3 Å². The van der Waals surface area contributed by atoms with E-state index < -0.39 is 4.92 Å². The van der Waals surface area contributed by atoms with Crippen molar-refractivity contribution in [1.82, 2.24) is 5.32 Å². The van der Waals surface area contributed by atoms with Gasteiger partial charge in [-0.05, 0) is 38.6 Å². The first-order valence-electron chi connectivity index (χ1n) is 5.81. The molecule has 1 aromatic rings. The van der Waals surface area contributed by atoms with E-state index in [0.717, 1.165) is 12.1 Å². The van der Waals surface area contributed by atoms with Crippen molar-refractivity contribution in [2.75, 3.05) is 6.54 Å². The van der Waals surface area contributed by atoms with Gasteiger partial charge in [0.05, 0.1) is 10.5 Å². The molecular weight excluding hydrogens is 252 g/mol. The molecule has 0 bridgehead atoms. The molecule has 1 atom stereocenters. The molecule has 5 heteroatoms. The van der Waals surface area contributed by atoms with Crippen LogP contribution < -0.4 is 5.32 Å². The van der Waals surface area contributed by atoms with Crippen LogP contribution in [0.5, 0.6) is 0 Å². The third-order valence-electron chi connectivity index (χ3n) is 2.76. The second-order valence-corrected chi connectivity index (χ2v) is 4.56. The van der Waals surface area contributed by atoms with Gasteiger partial charge in [-0.25, -0.2) is 0 Å². The zero-order valence-corrected chi connectivity index (χ0v) is 11.5. The molecule has 0 aliphatic carbocycles. The second-order valence-electron chi connectivity index (χ2n) is 4.13. The minimum Gasteiger partial charge on any atom is -0.311 e. The normalized spacial score (nSPS) is 13.4. The molecule has 0 amide bonds. The summed E-state index contributed by atoms with van der Waals surface area (Å²) in [6.45, 7) is 6.83. The Labute approximate surface area is 112 Å². The Bertz CT molecular complexity index is 472. The van der Waals surface area contributed by atoms with Crippen molar-refractivity contribution in [2.45, 2.75) is 26.8 Å². The predicted octanol–water partition coefficient (Wildman–Crippen LogP) is 3.65. The Morgan fingerprint density at radius 2 is 2.28 bits per heavy atom. The van der Waals surface area contributed by atoms with Gasteiger partial charge >= 0.3 is 0 Å². The quantitative estimate of drug-likeness (QED) is 0.655. The van der Waals surface area contributed by atoms with E-state index in [9.17, 15) is 10.1 Å². The van der Waals surface area contributed by atoms with Crippen molar-refractivity contribution in [2.24, 2.45) is 0 Å². The molecule has 1 N–H and O–H groups in total. The predicted molar refractivity (Wildman–Crippen MR) is 74.9 cm³/mol. The van der Waals surface area contributed by atoms with Gasteiger partial charge in [0, 0.05) is 17.1 Å². The SMILES string of the molecule is CCNC(C)/C(C)=C/c1cc(Cl)ccc1[N+](=O)[O-]. The lowest BCUT2D eigenvalue weighted by atomic mass is 10.1. The van der Waals surface area contributed by atoms with Crippen LogP contribution >= 0.6 is 11.6 Å². The Hall–Kier alpha value is -1.39. The molecule has 0 aliphatic heterocycles. The Morgan fingerprint density at radius 1 is 1.61 bits per heavy atom. The van der Waals surface area contributed by atoms with E-state index in [-0.39, 0.29) is 11.7 Å². The van der Waals surface area contributed by atoms with E-state index in [1.54, 1.807) is 12.1 Å². The van der Waals surface area contributed by atoms with E-state index >= 15 is 0 Å². The number of likely N-dealkylation sites (N-methyl/N-ethyl adjacent to an activating group) is 1. The largest absolute Gasteiger partial charge is 0.311 e. The number of halogens is 1. The van der Waals surface area contributed by atoms with Gasteiger partial charge in [-0.3, -0.25) is 10.1 Å². The molecule has 1 aromatic carbocycles. The summed E-state index contributed by atoms with van der Waals surface area (Å²) in [5, 5.41) is 14.7. The summed E-state index contributed by atoms with van der Waals surface area (Å²) in [6, 6.07) is 4.75. The summed E-state index contributed by atoms with van der Waals surface area (Å²) in [6.07, 6.45) is 1.80. The van der Waals surface area contributed by atoms with Crippen LogP contribution in [0.15, 0.2) is 23.8 Å². The van der Waals surface area contributed by atoms with Crippen molar-refractivity contribution < 1.29 is 4.92 Å². The molecule has 4 nitrogen and oxygen atoms in total. The molecule has 0 radical (unpaired) electrons. The van der Waals surface area contributed by atoms with Crippen LogP contribution in [-0.4, -0.2) is 17.5 Å². The monoisotopic (exact) mass is 268 g/mol. The number of benzene rings is 1. The average Bonchev–Trinajstić information content (AvgIpc) is 2.28. The molecule has 0 heterocycles. The first-order valence-corrected chi connectivity index (χ1v) is 6.19. The number of nitro groups is 1. The third-order valence-corrected chi connectivity index (χ3v) is 3.00. The Balaban J connectivity index is 3.12. The topological polar surface area (TPSA) is 55.2 Å². The van der Waals surface area contributed by atoms with Crippen LogP contribution in [0.2, 0.25) is 5.02 Å². The van der Waals surface area contributed by atoms with Gasteiger partial charge in [0.1, 0.15) is 0 Å². The van der Waals surface area contributed by atoms with Crippen molar-refractivity contribution >= 4 is 23.4 Å². The van der Waals surface area contributed by atoms with E-state index in [1.807, 2.05) is 20.8 Å². The van der Waals surface area contributed by atoms with E-state index in [0.29, 0.717) is 10.6 Å². The van der Waals surface area contributed by atoms with Crippen molar-refractivity contribution in [1.29, 1.82) is 0 Å². The van der Waals surface area contributed by atoms with E-state index in [2.05, 4.69) is 5.32 Å². The smallest absolute Gasteiger partial charge is 0.276 e. The first kappa shape index (κ1) is 14.7. The van der Waals surface area contributed by atoms with Gasteiger partial charge in [0.15, 0.2) is 0 Å². The summed E-state index contributed by atoms with van der Waals surface area (Å²) in [5.41, 5.74) is 1.64. The number of nitro benzene ring substituents is 1. The highest BCUT2D eigenvalue weighted by Gasteiger charge is 2.13.